The molecular weight excluding hydrogens is 485 g/mol. The summed E-state index contributed by atoms with van der Waals surface area (Å²) >= 11 is 0. The lowest BCUT2D eigenvalue weighted by atomic mass is 9.65. The van der Waals surface area contributed by atoms with Gasteiger partial charge in [0, 0.05) is 23.6 Å². The van der Waals surface area contributed by atoms with Gasteiger partial charge in [-0.2, -0.15) is 10.5 Å². The fraction of sp³-hybridized carbons (Fsp3) is 0.333. The quantitative estimate of drug-likeness (QED) is 0.414. The molecule has 0 aromatic heterocycles. The van der Waals surface area contributed by atoms with Crippen LogP contribution in [0.25, 0.3) is 10.8 Å². The molecule has 4 atom stereocenters. The number of fused-ring (bicyclic) bond motifs is 6. The molecule has 3 aromatic rings. The molecule has 3 aliphatic heterocycles. The largest absolute Gasteiger partial charge is 0.493 e. The van der Waals surface area contributed by atoms with Crippen molar-refractivity contribution in [3.63, 3.8) is 0 Å². The standard InChI is InChI=1S/C30H24FN3O4/c31-20-7-9-21(10-8-20)37-17-15-30-14-13-29(38-30,12-3-16-32)25-26(30)28(36)34(27(25)35)24-11-6-19(18-33)22-4-1-2-5-23(22)24/h1-2,4-11,25-26H,3,12-15,17H2/t25-,26+,29-,30?/m1/s1. The van der Waals surface area contributed by atoms with Crippen molar-refractivity contribution < 1.29 is 23.5 Å². The molecular formula is C30H24FN3O4. The number of amides is 2. The van der Waals surface area contributed by atoms with Gasteiger partial charge >= 0.3 is 0 Å². The number of imide groups is 1. The van der Waals surface area contributed by atoms with E-state index >= 15 is 0 Å². The fourth-order valence-corrected chi connectivity index (χ4v) is 6.71. The molecule has 0 radical (unpaired) electrons. The van der Waals surface area contributed by atoms with E-state index in [0.29, 0.717) is 53.5 Å². The van der Waals surface area contributed by atoms with Crippen LogP contribution in [-0.2, 0) is 14.3 Å². The molecule has 3 fully saturated rings. The Hall–Kier alpha value is -4.27. The highest BCUT2D eigenvalue weighted by Crippen LogP contribution is 2.64. The highest BCUT2D eigenvalue weighted by molar-refractivity contribution is 6.26. The van der Waals surface area contributed by atoms with Gasteiger partial charge in [0.1, 0.15) is 11.6 Å². The first-order valence-corrected chi connectivity index (χ1v) is 12.7. The molecule has 3 aromatic carbocycles. The zero-order valence-electron chi connectivity index (χ0n) is 20.5. The summed E-state index contributed by atoms with van der Waals surface area (Å²) in [5.41, 5.74) is -0.868. The normalized spacial score (nSPS) is 27.4. The molecule has 7 nitrogen and oxygen atoms in total. The number of ether oxygens (including phenoxy) is 2. The molecule has 3 heterocycles. The topological polar surface area (TPSA) is 103 Å². The molecule has 38 heavy (non-hydrogen) atoms. The molecule has 0 saturated carbocycles. The number of benzene rings is 3. The summed E-state index contributed by atoms with van der Waals surface area (Å²) in [5, 5.41) is 20.2. The predicted octanol–water partition coefficient (Wildman–Crippen LogP) is 5.03. The lowest BCUT2D eigenvalue weighted by Crippen LogP contribution is -2.43. The van der Waals surface area contributed by atoms with E-state index in [9.17, 15) is 24.5 Å². The van der Waals surface area contributed by atoms with Gasteiger partial charge in [-0.05, 0) is 55.7 Å². The lowest BCUT2D eigenvalue weighted by Gasteiger charge is -2.31. The molecule has 8 heteroatoms. The van der Waals surface area contributed by atoms with E-state index in [4.69, 9.17) is 9.47 Å². The molecule has 3 aliphatic rings. The van der Waals surface area contributed by atoms with Crippen molar-refractivity contribution in [1.82, 2.24) is 0 Å². The van der Waals surface area contributed by atoms with Gasteiger partial charge in [0.2, 0.25) is 11.8 Å². The van der Waals surface area contributed by atoms with E-state index in [2.05, 4.69) is 12.1 Å². The van der Waals surface area contributed by atoms with Crippen LogP contribution in [0.5, 0.6) is 5.75 Å². The Morgan fingerprint density at radius 3 is 2.24 bits per heavy atom. The number of anilines is 1. The Kier molecular flexibility index (Phi) is 5.66. The molecule has 3 saturated heterocycles. The van der Waals surface area contributed by atoms with E-state index in [0.717, 1.165) is 0 Å². The van der Waals surface area contributed by atoms with Crippen molar-refractivity contribution >= 4 is 28.3 Å². The van der Waals surface area contributed by atoms with Crippen molar-refractivity contribution in [2.75, 3.05) is 11.5 Å². The third-order valence-electron chi connectivity index (χ3n) is 8.35. The van der Waals surface area contributed by atoms with Crippen LogP contribution in [0.3, 0.4) is 0 Å². The van der Waals surface area contributed by atoms with Crippen LogP contribution < -0.4 is 9.64 Å². The van der Waals surface area contributed by atoms with E-state index < -0.39 is 23.0 Å². The third-order valence-corrected chi connectivity index (χ3v) is 8.35. The number of rotatable bonds is 7. The van der Waals surface area contributed by atoms with Crippen LogP contribution in [0.15, 0.2) is 60.7 Å². The Labute approximate surface area is 219 Å². The van der Waals surface area contributed by atoms with Crippen LogP contribution in [0.2, 0.25) is 0 Å². The van der Waals surface area contributed by atoms with Crippen molar-refractivity contribution in [2.45, 2.75) is 43.3 Å². The maximum Gasteiger partial charge on any atom is 0.240 e. The second-order valence-electron chi connectivity index (χ2n) is 10.2. The number of hydrogen-bond donors (Lipinski definition) is 0. The van der Waals surface area contributed by atoms with Crippen molar-refractivity contribution in [3.8, 4) is 17.9 Å². The summed E-state index contributed by atoms with van der Waals surface area (Å²) < 4.78 is 25.7. The van der Waals surface area contributed by atoms with E-state index in [1.54, 1.807) is 30.3 Å². The molecule has 1 unspecified atom stereocenters. The SMILES string of the molecule is N#CCC[C@]12CCC(CCOc3ccc(F)cc3)(O1)[C@@H]1C(=O)N(c3ccc(C#N)c4ccccc34)C(=O)[C@@H]12. The lowest BCUT2D eigenvalue weighted by molar-refractivity contribution is -0.132. The van der Waals surface area contributed by atoms with Crippen LogP contribution >= 0.6 is 0 Å². The van der Waals surface area contributed by atoms with Crippen LogP contribution in [0.4, 0.5) is 10.1 Å². The number of nitriles is 2. The zero-order valence-corrected chi connectivity index (χ0v) is 20.5. The minimum atomic E-state index is -0.899. The number of carbonyl (C=O) groups is 2. The highest BCUT2D eigenvalue weighted by atomic mass is 19.1. The second kappa shape index (κ2) is 8.93. The van der Waals surface area contributed by atoms with Gasteiger partial charge < -0.3 is 9.47 Å². The third kappa shape index (κ3) is 3.48. The number of hydrogen-bond acceptors (Lipinski definition) is 6. The van der Waals surface area contributed by atoms with E-state index in [1.807, 2.05) is 18.2 Å². The van der Waals surface area contributed by atoms with Gasteiger partial charge in [-0.3, -0.25) is 9.59 Å². The molecule has 0 aliphatic carbocycles. The predicted molar refractivity (Wildman–Crippen MR) is 135 cm³/mol. The number of nitrogens with zero attached hydrogens (tertiary/aromatic N) is 3. The first kappa shape index (κ1) is 24.1. The molecule has 2 amide bonds. The smallest absolute Gasteiger partial charge is 0.240 e. The number of carbonyl (C=O) groups excluding carboxylic acids is 2. The minimum Gasteiger partial charge on any atom is -0.493 e. The zero-order chi connectivity index (χ0) is 26.5. The van der Waals surface area contributed by atoms with Gasteiger partial charge in [0.05, 0.1) is 53.0 Å². The summed E-state index contributed by atoms with van der Waals surface area (Å²) in [6, 6.07) is 20.6. The van der Waals surface area contributed by atoms with Crippen molar-refractivity contribution in [3.05, 3.63) is 72.0 Å². The summed E-state index contributed by atoms with van der Waals surface area (Å²) in [4.78, 5) is 29.4. The second-order valence-corrected chi connectivity index (χ2v) is 10.2. The highest BCUT2D eigenvalue weighted by Gasteiger charge is 2.75. The maximum absolute atomic E-state index is 14.1. The van der Waals surface area contributed by atoms with Crippen LogP contribution in [0, 0.1) is 40.3 Å². The summed E-state index contributed by atoms with van der Waals surface area (Å²) in [6.07, 6.45) is 2.11. The molecule has 0 spiro atoms. The summed E-state index contributed by atoms with van der Waals surface area (Å²) in [7, 11) is 0. The van der Waals surface area contributed by atoms with Crippen LogP contribution in [0.1, 0.15) is 37.7 Å². The van der Waals surface area contributed by atoms with E-state index in [-0.39, 0.29) is 30.7 Å². The van der Waals surface area contributed by atoms with E-state index in [1.165, 1.54) is 17.0 Å². The summed E-state index contributed by atoms with van der Waals surface area (Å²) in [6.45, 7) is 0.227. The van der Waals surface area contributed by atoms with Gasteiger partial charge in [-0.15, -0.1) is 0 Å². The van der Waals surface area contributed by atoms with Crippen LogP contribution in [-0.4, -0.2) is 29.6 Å². The van der Waals surface area contributed by atoms with Gasteiger partial charge in [0.15, 0.2) is 0 Å². The fourth-order valence-electron chi connectivity index (χ4n) is 6.71. The van der Waals surface area contributed by atoms with Gasteiger partial charge in [-0.25, -0.2) is 9.29 Å². The summed E-state index contributed by atoms with van der Waals surface area (Å²) in [5.74, 6) is -1.90. The minimum absolute atomic E-state index is 0.215. The maximum atomic E-state index is 14.1. The Balaban J connectivity index is 1.36. The Morgan fingerprint density at radius 2 is 1.58 bits per heavy atom. The van der Waals surface area contributed by atoms with Gasteiger partial charge in [-0.1, -0.05) is 24.3 Å². The first-order chi connectivity index (χ1) is 18.4. The van der Waals surface area contributed by atoms with Crippen molar-refractivity contribution in [2.24, 2.45) is 11.8 Å². The monoisotopic (exact) mass is 509 g/mol. The average molecular weight is 510 g/mol. The Bertz CT molecular complexity index is 1540. The molecule has 0 N–H and O–H groups in total. The average Bonchev–Trinajstić information content (AvgIpc) is 3.54. The number of halogens is 1. The Morgan fingerprint density at radius 1 is 0.921 bits per heavy atom. The molecule has 6 rings (SSSR count). The molecule has 2 bridgehead atoms. The molecule has 190 valence electrons. The van der Waals surface area contributed by atoms with Gasteiger partial charge in [0.25, 0.3) is 0 Å². The first-order valence-electron chi connectivity index (χ1n) is 12.7. The van der Waals surface area contributed by atoms with Crippen molar-refractivity contribution in [1.29, 1.82) is 10.5 Å².